The van der Waals surface area contributed by atoms with Crippen LogP contribution in [-0.4, -0.2) is 55.8 Å². The molecular weight excluding hydrogens is 398 g/mol. The molecule has 0 saturated carbocycles. The molecule has 1 fully saturated rings. The van der Waals surface area contributed by atoms with Crippen molar-refractivity contribution in [1.29, 1.82) is 0 Å². The fourth-order valence-corrected chi connectivity index (χ4v) is 4.06. The van der Waals surface area contributed by atoms with E-state index >= 15 is 0 Å². The van der Waals surface area contributed by atoms with Crippen LogP contribution in [0.2, 0.25) is 5.15 Å². The van der Waals surface area contributed by atoms with E-state index in [2.05, 4.69) is 39.8 Å². The molecule has 0 amide bonds. The van der Waals surface area contributed by atoms with Gasteiger partial charge in [-0.2, -0.15) is 5.10 Å². The molecule has 1 saturated heterocycles. The normalized spacial score (nSPS) is 15.0. The second-order valence-corrected chi connectivity index (χ2v) is 7.94. The van der Waals surface area contributed by atoms with Gasteiger partial charge >= 0.3 is 0 Å². The Labute approximate surface area is 182 Å². The minimum Gasteiger partial charge on any atom is -0.354 e. The summed E-state index contributed by atoms with van der Waals surface area (Å²) < 4.78 is 1.78. The van der Waals surface area contributed by atoms with Gasteiger partial charge in [0.05, 0.1) is 5.69 Å². The lowest BCUT2D eigenvalue weighted by atomic mass is 10.2. The molecule has 0 aliphatic carbocycles. The summed E-state index contributed by atoms with van der Waals surface area (Å²) in [4.78, 5) is 18.5. The maximum atomic E-state index is 6.49. The average molecular weight is 426 g/mol. The molecule has 0 aromatic carbocycles. The molecule has 0 spiro atoms. The molecule has 0 atom stereocenters. The van der Waals surface area contributed by atoms with Crippen LogP contribution in [0.15, 0.2) is 30.6 Å². The van der Waals surface area contributed by atoms with E-state index in [0.29, 0.717) is 0 Å². The van der Waals surface area contributed by atoms with E-state index < -0.39 is 0 Å². The first-order chi connectivity index (χ1) is 14.6. The number of nitrogens with zero attached hydrogens (tertiary/aromatic N) is 7. The Kier molecular flexibility index (Phi) is 6.29. The van der Waals surface area contributed by atoms with Crippen LogP contribution < -0.4 is 4.90 Å². The highest BCUT2D eigenvalue weighted by molar-refractivity contribution is 6.30. The largest absolute Gasteiger partial charge is 0.354 e. The predicted molar refractivity (Wildman–Crippen MR) is 120 cm³/mol. The second kappa shape index (κ2) is 9.10. The number of pyridine rings is 1. The van der Waals surface area contributed by atoms with Crippen LogP contribution in [0, 0.1) is 0 Å². The smallest absolute Gasteiger partial charge is 0.161 e. The highest BCUT2D eigenvalue weighted by Gasteiger charge is 2.22. The zero-order valence-corrected chi connectivity index (χ0v) is 18.6. The van der Waals surface area contributed by atoms with Crippen LogP contribution in [0.4, 0.5) is 5.82 Å². The molecule has 4 rings (SSSR count). The van der Waals surface area contributed by atoms with Crippen LogP contribution in [0.25, 0.3) is 11.4 Å². The van der Waals surface area contributed by atoms with Gasteiger partial charge in [-0.05, 0) is 25.0 Å². The van der Waals surface area contributed by atoms with Crippen molar-refractivity contribution in [2.75, 3.05) is 31.1 Å². The Balaban J connectivity index is 1.48. The molecule has 3 aromatic heterocycles. The van der Waals surface area contributed by atoms with Gasteiger partial charge in [-0.3, -0.25) is 14.6 Å². The van der Waals surface area contributed by atoms with Crippen molar-refractivity contribution in [1.82, 2.24) is 29.6 Å². The molecule has 0 bridgehead atoms. The molecule has 4 heterocycles. The lowest BCUT2D eigenvalue weighted by Crippen LogP contribution is -2.46. The molecule has 158 valence electrons. The molecule has 8 heteroatoms. The molecule has 30 heavy (non-hydrogen) atoms. The van der Waals surface area contributed by atoms with E-state index in [-0.39, 0.29) is 0 Å². The van der Waals surface area contributed by atoms with Crippen molar-refractivity contribution >= 4 is 17.4 Å². The summed E-state index contributed by atoms with van der Waals surface area (Å²) in [5, 5.41) is 5.29. The molecule has 1 aliphatic heterocycles. The van der Waals surface area contributed by atoms with Crippen LogP contribution in [-0.2, 0) is 26.4 Å². The minimum atomic E-state index is 0.750. The van der Waals surface area contributed by atoms with E-state index in [9.17, 15) is 0 Å². The van der Waals surface area contributed by atoms with Gasteiger partial charge in [0, 0.05) is 75.1 Å². The molecule has 3 aromatic rings. The predicted octanol–water partition coefficient (Wildman–Crippen LogP) is 3.37. The van der Waals surface area contributed by atoms with Gasteiger partial charge in [-0.25, -0.2) is 9.97 Å². The lowest BCUT2D eigenvalue weighted by Gasteiger charge is -2.35. The number of aromatic nitrogens is 5. The first-order valence-electron chi connectivity index (χ1n) is 10.5. The Morgan fingerprint density at radius 1 is 1.00 bits per heavy atom. The maximum absolute atomic E-state index is 6.49. The van der Waals surface area contributed by atoms with Crippen LogP contribution in [0.1, 0.15) is 30.8 Å². The number of halogens is 1. The van der Waals surface area contributed by atoms with Gasteiger partial charge in [0.15, 0.2) is 5.82 Å². The lowest BCUT2D eigenvalue weighted by molar-refractivity contribution is 0.248. The van der Waals surface area contributed by atoms with Crippen molar-refractivity contribution in [2.45, 2.75) is 33.2 Å². The fraction of sp³-hybridized carbons (Fsp3) is 0.455. The summed E-state index contributed by atoms with van der Waals surface area (Å²) in [5.74, 6) is 1.77. The zero-order valence-electron chi connectivity index (χ0n) is 17.8. The number of hydrogen-bond donors (Lipinski definition) is 0. The number of piperazine rings is 1. The Morgan fingerprint density at radius 3 is 2.40 bits per heavy atom. The van der Waals surface area contributed by atoms with Gasteiger partial charge in [0.2, 0.25) is 0 Å². The third-order valence-electron chi connectivity index (χ3n) is 5.63. The number of anilines is 1. The SMILES string of the molecule is CCc1cc(N2CCN(Cc3c(CC)nn(C)c3Cl)CC2)nc(-c2ccncc2)n1. The minimum absolute atomic E-state index is 0.750. The average Bonchev–Trinajstić information content (AvgIpc) is 3.07. The molecular formula is C22H28ClN7. The Morgan fingerprint density at radius 2 is 1.73 bits per heavy atom. The topological polar surface area (TPSA) is 63.0 Å². The van der Waals surface area contributed by atoms with E-state index in [1.165, 1.54) is 0 Å². The summed E-state index contributed by atoms with van der Waals surface area (Å²) in [6.07, 6.45) is 5.34. The highest BCUT2D eigenvalue weighted by atomic mass is 35.5. The van der Waals surface area contributed by atoms with Crippen molar-refractivity contribution in [3.05, 3.63) is 52.7 Å². The van der Waals surface area contributed by atoms with Crippen LogP contribution >= 0.6 is 11.6 Å². The van der Waals surface area contributed by atoms with Crippen molar-refractivity contribution in [3.63, 3.8) is 0 Å². The van der Waals surface area contributed by atoms with Gasteiger partial charge in [-0.15, -0.1) is 0 Å². The summed E-state index contributed by atoms with van der Waals surface area (Å²) in [6, 6.07) is 6.03. The second-order valence-electron chi connectivity index (χ2n) is 7.59. The summed E-state index contributed by atoms with van der Waals surface area (Å²) in [6.45, 7) is 8.87. The Hall–Kier alpha value is -2.51. The summed E-state index contributed by atoms with van der Waals surface area (Å²) >= 11 is 6.49. The summed E-state index contributed by atoms with van der Waals surface area (Å²) in [7, 11) is 1.91. The quantitative estimate of drug-likeness (QED) is 0.603. The number of hydrogen-bond acceptors (Lipinski definition) is 6. The standard InChI is InChI=1S/C22H28ClN7/c1-4-17-14-20(26-22(25-17)16-6-8-24-9-7-16)30-12-10-29(11-13-30)15-18-19(5-2)27-28(3)21(18)23/h6-9,14H,4-5,10-13,15H2,1-3H3. The first kappa shape index (κ1) is 20.8. The molecule has 0 unspecified atom stereocenters. The Bertz CT molecular complexity index is 994. The van der Waals surface area contributed by atoms with E-state index in [1.807, 2.05) is 19.2 Å². The molecule has 0 N–H and O–H groups in total. The number of aryl methyl sites for hydroxylation is 3. The van der Waals surface area contributed by atoms with Gasteiger partial charge < -0.3 is 4.90 Å². The first-order valence-corrected chi connectivity index (χ1v) is 10.9. The molecule has 0 radical (unpaired) electrons. The third kappa shape index (κ3) is 4.32. The van der Waals surface area contributed by atoms with E-state index in [1.54, 1.807) is 17.1 Å². The van der Waals surface area contributed by atoms with E-state index in [0.717, 1.165) is 84.9 Å². The summed E-state index contributed by atoms with van der Waals surface area (Å²) in [5.41, 5.74) is 4.31. The van der Waals surface area contributed by atoms with Gasteiger partial charge in [0.1, 0.15) is 11.0 Å². The van der Waals surface area contributed by atoms with Gasteiger partial charge in [-0.1, -0.05) is 25.4 Å². The van der Waals surface area contributed by atoms with Crippen LogP contribution in [0.3, 0.4) is 0 Å². The maximum Gasteiger partial charge on any atom is 0.161 e. The van der Waals surface area contributed by atoms with Crippen molar-refractivity contribution in [3.8, 4) is 11.4 Å². The molecule has 1 aliphatic rings. The zero-order chi connectivity index (χ0) is 21.1. The van der Waals surface area contributed by atoms with Crippen LogP contribution in [0.5, 0.6) is 0 Å². The monoisotopic (exact) mass is 425 g/mol. The van der Waals surface area contributed by atoms with E-state index in [4.69, 9.17) is 21.6 Å². The van der Waals surface area contributed by atoms with Crippen molar-refractivity contribution < 1.29 is 0 Å². The van der Waals surface area contributed by atoms with Gasteiger partial charge in [0.25, 0.3) is 0 Å². The highest BCUT2D eigenvalue weighted by Crippen LogP contribution is 2.24. The fourth-order valence-electron chi connectivity index (χ4n) is 3.86. The third-order valence-corrected chi connectivity index (χ3v) is 6.10. The van der Waals surface area contributed by atoms with Crippen molar-refractivity contribution in [2.24, 2.45) is 7.05 Å². The molecule has 7 nitrogen and oxygen atoms in total. The number of rotatable bonds is 6.